The standard InChI is InChI=1S/C16H15BrClNO2/c17-9-12-4-6-13(7-5-12)10-19-16(20)11-21-15-3-1-2-14(18)8-15/h1-8H,9-11H2,(H,19,20). The smallest absolute Gasteiger partial charge is 0.258 e. The van der Waals surface area contributed by atoms with Gasteiger partial charge in [-0.1, -0.05) is 57.9 Å². The molecule has 0 radical (unpaired) electrons. The normalized spacial score (nSPS) is 10.2. The molecule has 2 aromatic carbocycles. The van der Waals surface area contributed by atoms with Gasteiger partial charge in [0.1, 0.15) is 5.75 Å². The number of hydrogen-bond acceptors (Lipinski definition) is 2. The van der Waals surface area contributed by atoms with E-state index in [1.807, 2.05) is 24.3 Å². The summed E-state index contributed by atoms with van der Waals surface area (Å²) in [5.74, 6) is 0.416. The van der Waals surface area contributed by atoms with Gasteiger partial charge in [-0.05, 0) is 29.3 Å². The second-order valence-corrected chi connectivity index (χ2v) is 5.47. The van der Waals surface area contributed by atoms with Gasteiger partial charge in [-0.25, -0.2) is 0 Å². The van der Waals surface area contributed by atoms with Crippen molar-refractivity contribution in [2.45, 2.75) is 11.9 Å². The van der Waals surface area contributed by atoms with Crippen LogP contribution in [0.2, 0.25) is 5.02 Å². The first kappa shape index (κ1) is 15.9. The summed E-state index contributed by atoms with van der Waals surface area (Å²) in [5, 5.41) is 4.22. The lowest BCUT2D eigenvalue weighted by Crippen LogP contribution is -2.28. The van der Waals surface area contributed by atoms with E-state index < -0.39 is 0 Å². The summed E-state index contributed by atoms with van der Waals surface area (Å²) in [7, 11) is 0. The molecule has 0 aliphatic heterocycles. The number of amides is 1. The predicted octanol–water partition coefficient (Wildman–Crippen LogP) is 3.93. The molecule has 0 spiro atoms. The van der Waals surface area contributed by atoms with Crippen molar-refractivity contribution in [2.24, 2.45) is 0 Å². The molecule has 0 aromatic heterocycles. The van der Waals surface area contributed by atoms with Crippen LogP contribution >= 0.6 is 27.5 Å². The minimum Gasteiger partial charge on any atom is -0.484 e. The summed E-state index contributed by atoms with van der Waals surface area (Å²) < 4.78 is 5.37. The molecule has 1 amide bonds. The van der Waals surface area contributed by atoms with E-state index in [2.05, 4.69) is 21.2 Å². The molecule has 2 rings (SSSR count). The molecule has 0 unspecified atom stereocenters. The van der Waals surface area contributed by atoms with Crippen LogP contribution in [0.5, 0.6) is 5.75 Å². The second-order valence-electron chi connectivity index (χ2n) is 4.47. The summed E-state index contributed by atoms with van der Waals surface area (Å²) in [6.45, 7) is 0.458. The minimum atomic E-state index is -0.167. The third-order valence-corrected chi connectivity index (χ3v) is 3.72. The molecule has 0 saturated heterocycles. The fourth-order valence-electron chi connectivity index (χ4n) is 1.70. The van der Waals surface area contributed by atoms with Crippen LogP contribution < -0.4 is 10.1 Å². The molecule has 0 saturated carbocycles. The molecular formula is C16H15BrClNO2. The fourth-order valence-corrected chi connectivity index (χ4v) is 2.26. The molecule has 0 atom stereocenters. The maximum atomic E-state index is 11.7. The van der Waals surface area contributed by atoms with Gasteiger partial charge in [0.15, 0.2) is 6.61 Å². The lowest BCUT2D eigenvalue weighted by Gasteiger charge is -2.08. The van der Waals surface area contributed by atoms with Crippen LogP contribution in [-0.4, -0.2) is 12.5 Å². The molecular weight excluding hydrogens is 354 g/mol. The van der Waals surface area contributed by atoms with E-state index in [9.17, 15) is 4.79 Å². The van der Waals surface area contributed by atoms with E-state index in [-0.39, 0.29) is 12.5 Å². The van der Waals surface area contributed by atoms with Crippen LogP contribution in [0, 0.1) is 0 Å². The number of carbonyl (C=O) groups is 1. The van der Waals surface area contributed by atoms with Gasteiger partial charge >= 0.3 is 0 Å². The van der Waals surface area contributed by atoms with Crippen molar-refractivity contribution in [2.75, 3.05) is 6.61 Å². The highest BCUT2D eigenvalue weighted by molar-refractivity contribution is 9.08. The molecule has 0 aliphatic carbocycles. The Morgan fingerprint density at radius 1 is 1.14 bits per heavy atom. The zero-order chi connectivity index (χ0) is 15.1. The highest BCUT2D eigenvalue weighted by Crippen LogP contribution is 2.16. The maximum Gasteiger partial charge on any atom is 0.258 e. The van der Waals surface area contributed by atoms with Crippen LogP contribution in [0.25, 0.3) is 0 Å². The van der Waals surface area contributed by atoms with Crippen LogP contribution in [0.15, 0.2) is 48.5 Å². The van der Waals surface area contributed by atoms with Crippen molar-refractivity contribution >= 4 is 33.4 Å². The molecule has 0 fully saturated rings. The van der Waals surface area contributed by atoms with E-state index in [4.69, 9.17) is 16.3 Å². The summed E-state index contributed by atoms with van der Waals surface area (Å²) in [6, 6.07) is 15.0. The van der Waals surface area contributed by atoms with Gasteiger partial charge in [-0.15, -0.1) is 0 Å². The van der Waals surface area contributed by atoms with E-state index in [0.29, 0.717) is 17.3 Å². The van der Waals surface area contributed by atoms with Gasteiger partial charge in [0.2, 0.25) is 0 Å². The quantitative estimate of drug-likeness (QED) is 0.785. The Morgan fingerprint density at radius 2 is 1.86 bits per heavy atom. The zero-order valence-electron chi connectivity index (χ0n) is 11.3. The van der Waals surface area contributed by atoms with Crippen molar-refractivity contribution in [1.29, 1.82) is 0 Å². The SMILES string of the molecule is O=C(COc1cccc(Cl)c1)NCc1ccc(CBr)cc1. The Balaban J connectivity index is 1.76. The summed E-state index contributed by atoms with van der Waals surface area (Å²) >= 11 is 9.24. The van der Waals surface area contributed by atoms with Crippen molar-refractivity contribution in [3.63, 3.8) is 0 Å². The average Bonchev–Trinajstić information content (AvgIpc) is 2.51. The van der Waals surface area contributed by atoms with Crippen LogP contribution in [0.3, 0.4) is 0 Å². The van der Waals surface area contributed by atoms with Gasteiger partial charge in [-0.3, -0.25) is 4.79 Å². The van der Waals surface area contributed by atoms with Crippen LogP contribution in [0.4, 0.5) is 0 Å². The van der Waals surface area contributed by atoms with Gasteiger partial charge < -0.3 is 10.1 Å². The topological polar surface area (TPSA) is 38.3 Å². The van der Waals surface area contributed by atoms with Crippen molar-refractivity contribution in [3.05, 3.63) is 64.7 Å². The van der Waals surface area contributed by atoms with Crippen LogP contribution in [0.1, 0.15) is 11.1 Å². The van der Waals surface area contributed by atoms with E-state index in [0.717, 1.165) is 10.9 Å². The fraction of sp³-hybridized carbons (Fsp3) is 0.188. The minimum absolute atomic E-state index is 0.0280. The first-order valence-corrected chi connectivity index (χ1v) is 7.96. The third kappa shape index (κ3) is 5.40. The Kier molecular flexibility index (Phi) is 6.08. The molecule has 0 heterocycles. The highest BCUT2D eigenvalue weighted by Gasteiger charge is 2.03. The molecule has 0 bridgehead atoms. The predicted molar refractivity (Wildman–Crippen MR) is 87.9 cm³/mol. The lowest BCUT2D eigenvalue weighted by molar-refractivity contribution is -0.123. The number of hydrogen-bond donors (Lipinski definition) is 1. The van der Waals surface area contributed by atoms with E-state index >= 15 is 0 Å². The molecule has 1 N–H and O–H groups in total. The molecule has 5 heteroatoms. The van der Waals surface area contributed by atoms with Crippen molar-refractivity contribution in [1.82, 2.24) is 5.32 Å². The molecule has 21 heavy (non-hydrogen) atoms. The molecule has 110 valence electrons. The van der Waals surface area contributed by atoms with E-state index in [1.165, 1.54) is 5.56 Å². The summed E-state index contributed by atoms with van der Waals surface area (Å²) in [4.78, 5) is 11.7. The van der Waals surface area contributed by atoms with Crippen LogP contribution in [-0.2, 0) is 16.7 Å². The Hall–Kier alpha value is -1.52. The number of carbonyl (C=O) groups excluding carboxylic acids is 1. The monoisotopic (exact) mass is 367 g/mol. The average molecular weight is 369 g/mol. The number of ether oxygens (including phenoxy) is 1. The number of nitrogens with one attached hydrogen (secondary N) is 1. The number of benzene rings is 2. The van der Waals surface area contributed by atoms with E-state index in [1.54, 1.807) is 24.3 Å². The zero-order valence-corrected chi connectivity index (χ0v) is 13.7. The maximum absolute atomic E-state index is 11.7. The number of halogens is 2. The lowest BCUT2D eigenvalue weighted by atomic mass is 10.1. The Labute approximate surface area is 137 Å². The van der Waals surface area contributed by atoms with Crippen molar-refractivity contribution in [3.8, 4) is 5.75 Å². The van der Waals surface area contributed by atoms with Crippen molar-refractivity contribution < 1.29 is 9.53 Å². The first-order chi connectivity index (χ1) is 10.2. The number of alkyl halides is 1. The molecule has 3 nitrogen and oxygen atoms in total. The Bertz CT molecular complexity index is 601. The largest absolute Gasteiger partial charge is 0.484 e. The summed E-state index contributed by atoms with van der Waals surface area (Å²) in [5.41, 5.74) is 2.25. The highest BCUT2D eigenvalue weighted by atomic mass is 79.9. The van der Waals surface area contributed by atoms with Gasteiger partial charge in [0.05, 0.1) is 0 Å². The molecule has 2 aromatic rings. The van der Waals surface area contributed by atoms with Gasteiger partial charge in [0.25, 0.3) is 5.91 Å². The second kappa shape index (κ2) is 8.05. The Morgan fingerprint density at radius 3 is 2.52 bits per heavy atom. The summed E-state index contributed by atoms with van der Waals surface area (Å²) in [6.07, 6.45) is 0. The first-order valence-electron chi connectivity index (χ1n) is 6.46. The van der Waals surface area contributed by atoms with Gasteiger partial charge in [0, 0.05) is 16.9 Å². The number of rotatable bonds is 6. The van der Waals surface area contributed by atoms with Gasteiger partial charge in [-0.2, -0.15) is 0 Å². The molecule has 0 aliphatic rings. The third-order valence-electron chi connectivity index (χ3n) is 2.83.